The number of rotatable bonds is 8. The second kappa shape index (κ2) is 8.55. The summed E-state index contributed by atoms with van der Waals surface area (Å²) in [4.78, 5) is 11.4. The smallest absolute Gasteiger partial charge is 0.221 e. The Morgan fingerprint density at radius 3 is 2.80 bits per heavy atom. The number of carbonyl (C=O) groups excluding carboxylic acids is 1. The number of carbonyl (C=O) groups is 1. The van der Waals surface area contributed by atoms with Gasteiger partial charge < -0.3 is 20.5 Å². The third kappa shape index (κ3) is 6.04. The van der Waals surface area contributed by atoms with Gasteiger partial charge in [-0.3, -0.25) is 4.79 Å². The fourth-order valence-electron chi connectivity index (χ4n) is 1.80. The first kappa shape index (κ1) is 16.5. The first-order valence-electron chi connectivity index (χ1n) is 6.85. The lowest BCUT2D eigenvalue weighted by atomic mass is 10.1. The number of amides is 1. The molecule has 0 aliphatic rings. The van der Waals surface area contributed by atoms with E-state index in [4.69, 9.17) is 4.74 Å². The Balaban J connectivity index is 2.29. The van der Waals surface area contributed by atoms with E-state index in [0.29, 0.717) is 19.5 Å². The number of aliphatic hydroxyl groups is 1. The van der Waals surface area contributed by atoms with Crippen LogP contribution in [0.15, 0.2) is 24.3 Å². The topological polar surface area (TPSA) is 70.6 Å². The monoisotopic (exact) mass is 280 g/mol. The average molecular weight is 280 g/mol. The third-order valence-corrected chi connectivity index (χ3v) is 2.79. The normalized spacial score (nSPS) is 12.2. The van der Waals surface area contributed by atoms with Crippen molar-refractivity contribution < 1.29 is 14.6 Å². The molecule has 0 fully saturated rings. The van der Waals surface area contributed by atoms with Crippen molar-refractivity contribution in [3.05, 3.63) is 29.8 Å². The first-order chi connectivity index (χ1) is 9.52. The summed E-state index contributed by atoms with van der Waals surface area (Å²) in [5.41, 5.74) is 0.795. The highest BCUT2D eigenvalue weighted by Gasteiger charge is 2.08. The van der Waals surface area contributed by atoms with Crippen molar-refractivity contribution in [1.29, 1.82) is 0 Å². The predicted molar refractivity (Wildman–Crippen MR) is 78.7 cm³/mol. The fourth-order valence-corrected chi connectivity index (χ4v) is 1.80. The number of hydrogen-bond acceptors (Lipinski definition) is 4. The Labute approximate surface area is 120 Å². The van der Waals surface area contributed by atoms with Gasteiger partial charge in [0.15, 0.2) is 0 Å². The number of ether oxygens (including phenoxy) is 1. The molecule has 5 heteroatoms. The molecular weight excluding hydrogens is 256 g/mol. The van der Waals surface area contributed by atoms with E-state index in [2.05, 4.69) is 10.6 Å². The maximum atomic E-state index is 11.4. The molecule has 1 atom stereocenters. The van der Waals surface area contributed by atoms with Gasteiger partial charge in [0.25, 0.3) is 0 Å². The lowest BCUT2D eigenvalue weighted by Crippen LogP contribution is -2.33. The van der Waals surface area contributed by atoms with Crippen molar-refractivity contribution in [3.63, 3.8) is 0 Å². The standard InChI is InChI=1S/C15H24N2O3/c1-11(2)17-15(19)7-8-16-10-14(18)12-5-4-6-13(9-12)20-3/h4-6,9,11,14,16,18H,7-8,10H2,1-3H3,(H,17,19). The van der Waals surface area contributed by atoms with Gasteiger partial charge in [0.1, 0.15) is 5.75 Å². The summed E-state index contributed by atoms with van der Waals surface area (Å²) in [5, 5.41) is 15.9. The van der Waals surface area contributed by atoms with Gasteiger partial charge in [0, 0.05) is 25.6 Å². The number of methoxy groups -OCH3 is 1. The highest BCUT2D eigenvalue weighted by Crippen LogP contribution is 2.18. The molecule has 0 aliphatic heterocycles. The molecule has 0 radical (unpaired) electrons. The van der Waals surface area contributed by atoms with E-state index in [1.54, 1.807) is 13.2 Å². The van der Waals surface area contributed by atoms with Crippen molar-refractivity contribution in [1.82, 2.24) is 10.6 Å². The van der Waals surface area contributed by atoms with E-state index in [-0.39, 0.29) is 11.9 Å². The first-order valence-corrected chi connectivity index (χ1v) is 6.85. The number of nitrogens with one attached hydrogen (secondary N) is 2. The maximum absolute atomic E-state index is 11.4. The van der Waals surface area contributed by atoms with Gasteiger partial charge in [-0.2, -0.15) is 0 Å². The minimum Gasteiger partial charge on any atom is -0.497 e. The number of hydrogen-bond donors (Lipinski definition) is 3. The molecule has 1 aromatic carbocycles. The van der Waals surface area contributed by atoms with Gasteiger partial charge >= 0.3 is 0 Å². The van der Waals surface area contributed by atoms with Gasteiger partial charge in [-0.1, -0.05) is 12.1 Å². The summed E-state index contributed by atoms with van der Waals surface area (Å²) in [5.74, 6) is 0.737. The van der Waals surface area contributed by atoms with Crippen molar-refractivity contribution >= 4 is 5.91 Å². The van der Waals surface area contributed by atoms with Gasteiger partial charge in [-0.05, 0) is 31.5 Å². The summed E-state index contributed by atoms with van der Waals surface area (Å²) in [6.07, 6.45) is -0.207. The molecule has 0 saturated heterocycles. The average Bonchev–Trinajstić information content (AvgIpc) is 2.42. The zero-order chi connectivity index (χ0) is 15.0. The van der Waals surface area contributed by atoms with E-state index in [0.717, 1.165) is 11.3 Å². The Morgan fingerprint density at radius 1 is 1.40 bits per heavy atom. The van der Waals surface area contributed by atoms with Crippen LogP contribution in [0.4, 0.5) is 0 Å². The summed E-state index contributed by atoms with van der Waals surface area (Å²) >= 11 is 0. The van der Waals surface area contributed by atoms with Crippen LogP contribution in [0, 0.1) is 0 Å². The van der Waals surface area contributed by atoms with E-state index in [9.17, 15) is 9.90 Å². The Kier molecular flexibility index (Phi) is 7.04. The minimum atomic E-state index is -0.613. The van der Waals surface area contributed by atoms with Crippen LogP contribution in [0.3, 0.4) is 0 Å². The molecule has 0 spiro atoms. The van der Waals surface area contributed by atoms with E-state index < -0.39 is 6.10 Å². The lowest BCUT2D eigenvalue weighted by Gasteiger charge is -2.13. The molecule has 112 valence electrons. The van der Waals surface area contributed by atoms with Gasteiger partial charge in [-0.25, -0.2) is 0 Å². The van der Waals surface area contributed by atoms with Gasteiger partial charge in [0.2, 0.25) is 5.91 Å². The Hall–Kier alpha value is -1.59. The van der Waals surface area contributed by atoms with Crippen LogP contribution in [0.25, 0.3) is 0 Å². The summed E-state index contributed by atoms with van der Waals surface area (Å²) < 4.78 is 5.11. The number of aliphatic hydroxyl groups excluding tert-OH is 1. The van der Waals surface area contributed by atoms with E-state index in [1.165, 1.54) is 0 Å². The molecule has 0 aromatic heterocycles. The fraction of sp³-hybridized carbons (Fsp3) is 0.533. The molecule has 20 heavy (non-hydrogen) atoms. The molecule has 3 N–H and O–H groups in total. The van der Waals surface area contributed by atoms with Crippen LogP contribution in [0.5, 0.6) is 5.75 Å². The summed E-state index contributed by atoms with van der Waals surface area (Å²) in [6, 6.07) is 7.48. The van der Waals surface area contributed by atoms with Crippen molar-refractivity contribution in [2.24, 2.45) is 0 Å². The predicted octanol–water partition coefficient (Wildman–Crippen LogP) is 1.23. The molecule has 1 rings (SSSR count). The zero-order valence-electron chi connectivity index (χ0n) is 12.3. The van der Waals surface area contributed by atoms with Crippen molar-refractivity contribution in [2.75, 3.05) is 20.2 Å². The molecule has 0 bridgehead atoms. The quantitative estimate of drug-likeness (QED) is 0.626. The largest absolute Gasteiger partial charge is 0.497 e. The van der Waals surface area contributed by atoms with Crippen LogP contribution in [0.2, 0.25) is 0 Å². The summed E-state index contributed by atoms with van der Waals surface area (Å²) in [6.45, 7) is 4.80. The lowest BCUT2D eigenvalue weighted by molar-refractivity contribution is -0.121. The van der Waals surface area contributed by atoms with Gasteiger partial charge in [0.05, 0.1) is 13.2 Å². The molecule has 0 aliphatic carbocycles. The summed E-state index contributed by atoms with van der Waals surface area (Å²) in [7, 11) is 1.59. The molecule has 5 nitrogen and oxygen atoms in total. The van der Waals surface area contributed by atoms with Crippen LogP contribution in [0.1, 0.15) is 31.9 Å². The Morgan fingerprint density at radius 2 is 2.15 bits per heavy atom. The van der Waals surface area contributed by atoms with Crippen LogP contribution >= 0.6 is 0 Å². The maximum Gasteiger partial charge on any atom is 0.221 e. The third-order valence-electron chi connectivity index (χ3n) is 2.79. The molecular formula is C15H24N2O3. The number of benzene rings is 1. The van der Waals surface area contributed by atoms with Crippen LogP contribution in [-0.2, 0) is 4.79 Å². The highest BCUT2D eigenvalue weighted by molar-refractivity contribution is 5.76. The van der Waals surface area contributed by atoms with E-state index >= 15 is 0 Å². The second-order valence-corrected chi connectivity index (χ2v) is 4.97. The minimum absolute atomic E-state index is 0.0170. The zero-order valence-corrected chi connectivity index (χ0v) is 12.3. The van der Waals surface area contributed by atoms with Crippen LogP contribution in [-0.4, -0.2) is 37.3 Å². The van der Waals surface area contributed by atoms with Crippen LogP contribution < -0.4 is 15.4 Å². The Bertz CT molecular complexity index is 421. The van der Waals surface area contributed by atoms with E-state index in [1.807, 2.05) is 32.0 Å². The highest BCUT2D eigenvalue weighted by atomic mass is 16.5. The SMILES string of the molecule is COc1cccc(C(O)CNCCC(=O)NC(C)C)c1. The molecule has 1 aromatic rings. The van der Waals surface area contributed by atoms with Gasteiger partial charge in [-0.15, -0.1) is 0 Å². The van der Waals surface area contributed by atoms with Crippen molar-refractivity contribution in [3.8, 4) is 5.75 Å². The molecule has 0 heterocycles. The van der Waals surface area contributed by atoms with Crippen molar-refractivity contribution in [2.45, 2.75) is 32.4 Å². The molecule has 1 unspecified atom stereocenters. The molecule has 0 saturated carbocycles. The molecule has 1 amide bonds. The second-order valence-electron chi connectivity index (χ2n) is 4.97.